The SMILES string of the molecule is CCCNCc1cc(Br)cc(C)c1OC(C)C(N)=O. The first kappa shape index (κ1) is 16.0. The molecule has 0 aromatic heterocycles. The summed E-state index contributed by atoms with van der Waals surface area (Å²) >= 11 is 3.48. The molecule has 1 amide bonds. The van der Waals surface area contributed by atoms with Crippen molar-refractivity contribution in [2.24, 2.45) is 5.73 Å². The minimum Gasteiger partial charge on any atom is -0.480 e. The van der Waals surface area contributed by atoms with Gasteiger partial charge in [-0.1, -0.05) is 22.9 Å². The zero-order valence-electron chi connectivity index (χ0n) is 11.6. The fraction of sp³-hybridized carbons (Fsp3) is 0.500. The second-order valence-corrected chi connectivity index (χ2v) is 5.47. The molecule has 5 heteroatoms. The molecule has 1 rings (SSSR count). The summed E-state index contributed by atoms with van der Waals surface area (Å²) in [6.45, 7) is 7.38. The van der Waals surface area contributed by atoms with Gasteiger partial charge in [0, 0.05) is 16.6 Å². The van der Waals surface area contributed by atoms with Crippen molar-refractivity contribution in [3.8, 4) is 5.75 Å². The van der Waals surface area contributed by atoms with Crippen molar-refractivity contribution >= 4 is 21.8 Å². The normalized spacial score (nSPS) is 12.2. The van der Waals surface area contributed by atoms with E-state index in [-0.39, 0.29) is 0 Å². The third-order valence-corrected chi connectivity index (χ3v) is 3.21. The van der Waals surface area contributed by atoms with E-state index in [1.807, 2.05) is 19.1 Å². The molecule has 0 radical (unpaired) electrons. The molecule has 0 aliphatic rings. The van der Waals surface area contributed by atoms with Crippen LogP contribution in [0, 0.1) is 6.92 Å². The molecule has 1 atom stereocenters. The Morgan fingerprint density at radius 1 is 1.53 bits per heavy atom. The minimum absolute atomic E-state index is 0.463. The Hall–Kier alpha value is -1.07. The van der Waals surface area contributed by atoms with E-state index < -0.39 is 12.0 Å². The van der Waals surface area contributed by atoms with Crippen LogP contribution in [0.15, 0.2) is 16.6 Å². The smallest absolute Gasteiger partial charge is 0.258 e. The van der Waals surface area contributed by atoms with Crippen LogP contribution in [0.4, 0.5) is 0 Å². The zero-order valence-corrected chi connectivity index (χ0v) is 13.2. The molecular formula is C14H21BrN2O2. The molecule has 106 valence electrons. The summed E-state index contributed by atoms with van der Waals surface area (Å²) in [6.07, 6.45) is 0.436. The van der Waals surface area contributed by atoms with Crippen LogP contribution in [-0.4, -0.2) is 18.6 Å². The third kappa shape index (κ3) is 4.84. The van der Waals surface area contributed by atoms with Gasteiger partial charge in [-0.25, -0.2) is 0 Å². The van der Waals surface area contributed by atoms with Crippen molar-refractivity contribution in [2.45, 2.75) is 39.8 Å². The quantitative estimate of drug-likeness (QED) is 0.756. The van der Waals surface area contributed by atoms with Gasteiger partial charge in [0.05, 0.1) is 0 Å². The van der Waals surface area contributed by atoms with Crippen molar-refractivity contribution in [3.63, 3.8) is 0 Å². The molecular weight excluding hydrogens is 308 g/mol. The number of hydrogen-bond acceptors (Lipinski definition) is 3. The van der Waals surface area contributed by atoms with E-state index in [1.54, 1.807) is 6.92 Å². The van der Waals surface area contributed by atoms with Crippen molar-refractivity contribution in [1.82, 2.24) is 5.32 Å². The Morgan fingerprint density at radius 2 is 2.21 bits per heavy atom. The van der Waals surface area contributed by atoms with Gasteiger partial charge in [-0.05, 0) is 44.5 Å². The Kier molecular flexibility index (Phi) is 6.31. The van der Waals surface area contributed by atoms with Crippen LogP contribution in [0.2, 0.25) is 0 Å². The van der Waals surface area contributed by atoms with Crippen molar-refractivity contribution < 1.29 is 9.53 Å². The zero-order chi connectivity index (χ0) is 14.4. The molecule has 0 saturated heterocycles. The Morgan fingerprint density at radius 3 is 2.79 bits per heavy atom. The minimum atomic E-state index is -0.634. The molecule has 0 aliphatic carbocycles. The summed E-state index contributed by atoms with van der Waals surface area (Å²) in [7, 11) is 0. The highest BCUT2D eigenvalue weighted by Crippen LogP contribution is 2.29. The van der Waals surface area contributed by atoms with Crippen LogP contribution in [0.5, 0.6) is 5.75 Å². The summed E-state index contributed by atoms with van der Waals surface area (Å²) in [4.78, 5) is 11.1. The number of benzene rings is 1. The summed E-state index contributed by atoms with van der Waals surface area (Å²) in [5.74, 6) is 0.271. The largest absolute Gasteiger partial charge is 0.480 e. The summed E-state index contributed by atoms with van der Waals surface area (Å²) in [5, 5.41) is 3.33. The Balaban J connectivity index is 2.95. The lowest BCUT2D eigenvalue weighted by molar-refractivity contribution is -0.124. The van der Waals surface area contributed by atoms with Crippen LogP contribution in [0.1, 0.15) is 31.4 Å². The van der Waals surface area contributed by atoms with Crippen molar-refractivity contribution in [1.29, 1.82) is 0 Å². The maximum Gasteiger partial charge on any atom is 0.258 e. The summed E-state index contributed by atoms with van der Waals surface area (Å²) < 4.78 is 6.69. The number of primary amides is 1. The number of ether oxygens (including phenoxy) is 1. The van der Waals surface area contributed by atoms with Gasteiger partial charge in [-0.2, -0.15) is 0 Å². The van der Waals surface area contributed by atoms with Crippen LogP contribution in [0.3, 0.4) is 0 Å². The van der Waals surface area contributed by atoms with Gasteiger partial charge in [0.15, 0.2) is 6.10 Å². The number of hydrogen-bond donors (Lipinski definition) is 2. The van der Waals surface area contributed by atoms with Gasteiger partial charge < -0.3 is 15.8 Å². The van der Waals surface area contributed by atoms with Gasteiger partial charge in [0.1, 0.15) is 5.75 Å². The van der Waals surface area contributed by atoms with E-state index >= 15 is 0 Å². The van der Waals surface area contributed by atoms with Gasteiger partial charge in [-0.15, -0.1) is 0 Å². The highest BCUT2D eigenvalue weighted by Gasteiger charge is 2.15. The maximum absolute atomic E-state index is 11.1. The van der Waals surface area contributed by atoms with Crippen molar-refractivity contribution in [2.75, 3.05) is 6.54 Å². The molecule has 0 heterocycles. The fourth-order valence-corrected chi connectivity index (χ4v) is 2.35. The predicted octanol–water partition coefficient (Wildman–Crippen LogP) is 2.51. The number of halogens is 1. The van der Waals surface area contributed by atoms with E-state index in [2.05, 4.69) is 28.2 Å². The summed E-state index contributed by atoms with van der Waals surface area (Å²) in [6, 6.07) is 3.96. The number of amides is 1. The highest BCUT2D eigenvalue weighted by molar-refractivity contribution is 9.10. The molecule has 19 heavy (non-hydrogen) atoms. The second-order valence-electron chi connectivity index (χ2n) is 4.55. The van der Waals surface area contributed by atoms with Gasteiger partial charge in [0.25, 0.3) is 5.91 Å². The first-order valence-corrected chi connectivity index (χ1v) is 7.20. The molecule has 1 aromatic rings. The lowest BCUT2D eigenvalue weighted by Gasteiger charge is -2.18. The first-order valence-electron chi connectivity index (χ1n) is 6.41. The van der Waals surface area contributed by atoms with Gasteiger partial charge in [0.2, 0.25) is 0 Å². The Labute approximate surface area is 122 Å². The molecule has 0 spiro atoms. The van der Waals surface area contributed by atoms with E-state index in [0.717, 1.165) is 34.3 Å². The van der Waals surface area contributed by atoms with E-state index in [1.165, 1.54) is 0 Å². The molecule has 4 nitrogen and oxygen atoms in total. The lowest BCUT2D eigenvalue weighted by atomic mass is 10.1. The Bertz CT molecular complexity index is 449. The standard InChI is InChI=1S/C14H21BrN2O2/c1-4-5-17-8-11-7-12(15)6-9(2)13(11)19-10(3)14(16)18/h6-7,10,17H,4-5,8H2,1-3H3,(H2,16,18). The molecule has 0 saturated carbocycles. The van der Waals surface area contributed by atoms with Crippen molar-refractivity contribution in [3.05, 3.63) is 27.7 Å². The second kappa shape index (κ2) is 7.50. The third-order valence-electron chi connectivity index (χ3n) is 2.75. The molecule has 1 unspecified atom stereocenters. The number of nitrogens with two attached hydrogens (primary N) is 1. The topological polar surface area (TPSA) is 64.3 Å². The lowest BCUT2D eigenvalue weighted by Crippen LogP contribution is -2.31. The van der Waals surface area contributed by atoms with E-state index in [0.29, 0.717) is 6.54 Å². The highest BCUT2D eigenvalue weighted by atomic mass is 79.9. The number of rotatable bonds is 7. The number of carbonyl (C=O) groups is 1. The average Bonchev–Trinajstić information content (AvgIpc) is 2.33. The van der Waals surface area contributed by atoms with Crippen LogP contribution >= 0.6 is 15.9 Å². The summed E-state index contributed by atoms with van der Waals surface area (Å²) in [5.41, 5.74) is 7.25. The molecule has 0 fully saturated rings. The number of aryl methyl sites for hydroxylation is 1. The van der Waals surface area contributed by atoms with Crippen LogP contribution in [0.25, 0.3) is 0 Å². The molecule has 1 aromatic carbocycles. The monoisotopic (exact) mass is 328 g/mol. The van der Waals surface area contributed by atoms with Gasteiger partial charge >= 0.3 is 0 Å². The molecule has 0 aliphatic heterocycles. The van der Waals surface area contributed by atoms with Crippen LogP contribution in [-0.2, 0) is 11.3 Å². The van der Waals surface area contributed by atoms with E-state index in [9.17, 15) is 4.79 Å². The number of carbonyl (C=O) groups excluding carboxylic acids is 1. The first-order chi connectivity index (χ1) is 8.95. The van der Waals surface area contributed by atoms with E-state index in [4.69, 9.17) is 10.5 Å². The van der Waals surface area contributed by atoms with Crippen LogP contribution < -0.4 is 15.8 Å². The van der Waals surface area contributed by atoms with Gasteiger partial charge in [-0.3, -0.25) is 4.79 Å². The molecule has 0 bridgehead atoms. The predicted molar refractivity (Wildman–Crippen MR) is 80.2 cm³/mol. The fourth-order valence-electron chi connectivity index (χ4n) is 1.73. The average molecular weight is 329 g/mol. The molecule has 3 N–H and O–H groups in total. The maximum atomic E-state index is 11.1. The number of nitrogens with one attached hydrogen (secondary N) is 1.